The molecule has 0 saturated carbocycles. The molecule has 3 heteroatoms. The summed E-state index contributed by atoms with van der Waals surface area (Å²) in [6.07, 6.45) is 0.978. The first-order valence-corrected chi connectivity index (χ1v) is 5.54. The summed E-state index contributed by atoms with van der Waals surface area (Å²) in [4.78, 5) is 15.4. The molecule has 0 amide bonds. The molecule has 0 aliphatic rings. The minimum absolute atomic E-state index is 0.0827. The van der Waals surface area contributed by atoms with Crippen LogP contribution in [0.15, 0.2) is 4.79 Å². The van der Waals surface area contributed by atoms with Crippen molar-refractivity contribution < 1.29 is 0 Å². The molecule has 1 aromatic rings. The zero-order valence-corrected chi connectivity index (χ0v) is 9.49. The number of hydrogen-bond acceptors (Lipinski definition) is 2. The molecule has 2 nitrogen and oxygen atoms in total. The molecule has 0 aliphatic carbocycles. The van der Waals surface area contributed by atoms with Crippen LogP contribution in [-0.2, 0) is 6.42 Å². The molecule has 1 rings (SSSR count). The van der Waals surface area contributed by atoms with E-state index >= 15 is 0 Å². The summed E-state index contributed by atoms with van der Waals surface area (Å²) >= 11 is 1.35. The number of thiazole rings is 1. The van der Waals surface area contributed by atoms with Gasteiger partial charge in [0.1, 0.15) is 0 Å². The number of rotatable bonds is 3. The second-order valence-corrected chi connectivity index (χ2v) is 5.12. The maximum Gasteiger partial charge on any atom is 0.304 e. The summed E-state index contributed by atoms with van der Waals surface area (Å²) in [5.74, 6) is 1.06. The highest BCUT2D eigenvalue weighted by molar-refractivity contribution is 7.09. The maximum atomic E-state index is 11.2. The van der Waals surface area contributed by atoms with Gasteiger partial charge in [-0.1, -0.05) is 39.0 Å². The number of hydrogen-bond donors (Lipinski definition) is 1. The molecule has 0 aromatic carbocycles. The molecular formula is C10H17NOS. The van der Waals surface area contributed by atoms with Crippen molar-refractivity contribution in [1.82, 2.24) is 4.98 Å². The third-order valence-corrected chi connectivity index (χ3v) is 3.11. The molecule has 0 spiro atoms. The lowest BCUT2D eigenvalue weighted by Crippen LogP contribution is -2.01. The Labute approximate surface area is 83.0 Å². The number of H-pyrrole nitrogens is 1. The van der Waals surface area contributed by atoms with Crippen LogP contribution < -0.4 is 4.87 Å². The van der Waals surface area contributed by atoms with Crippen LogP contribution in [0.5, 0.6) is 0 Å². The van der Waals surface area contributed by atoms with Crippen molar-refractivity contribution in [1.29, 1.82) is 0 Å². The molecule has 1 N–H and O–H groups in total. The quantitative estimate of drug-likeness (QED) is 0.797. The minimum Gasteiger partial charge on any atom is -0.316 e. The van der Waals surface area contributed by atoms with Crippen LogP contribution in [0.1, 0.15) is 44.2 Å². The second kappa shape index (κ2) is 4.09. The van der Waals surface area contributed by atoms with E-state index < -0.39 is 0 Å². The first-order valence-electron chi connectivity index (χ1n) is 4.72. The Morgan fingerprint density at radius 2 is 1.92 bits per heavy atom. The van der Waals surface area contributed by atoms with Gasteiger partial charge in [-0.2, -0.15) is 0 Å². The van der Waals surface area contributed by atoms with Gasteiger partial charge in [0, 0.05) is 10.6 Å². The Balaban J connectivity index is 2.97. The monoisotopic (exact) mass is 199 g/mol. The fourth-order valence-electron chi connectivity index (χ4n) is 1.40. The average molecular weight is 199 g/mol. The number of aromatic nitrogens is 1. The van der Waals surface area contributed by atoms with Gasteiger partial charge in [0.15, 0.2) is 0 Å². The zero-order chi connectivity index (χ0) is 10.0. The zero-order valence-electron chi connectivity index (χ0n) is 8.68. The Hall–Kier alpha value is -0.570. The van der Waals surface area contributed by atoms with Crippen LogP contribution in [0, 0.1) is 5.92 Å². The van der Waals surface area contributed by atoms with Gasteiger partial charge in [-0.15, -0.1) is 0 Å². The van der Waals surface area contributed by atoms with Crippen LogP contribution in [-0.4, -0.2) is 4.98 Å². The smallest absolute Gasteiger partial charge is 0.304 e. The van der Waals surface area contributed by atoms with Crippen LogP contribution in [0.2, 0.25) is 0 Å². The molecule has 13 heavy (non-hydrogen) atoms. The predicted molar refractivity (Wildman–Crippen MR) is 57.6 cm³/mol. The van der Waals surface area contributed by atoms with E-state index in [0.717, 1.165) is 12.1 Å². The Morgan fingerprint density at radius 3 is 2.38 bits per heavy atom. The van der Waals surface area contributed by atoms with Crippen molar-refractivity contribution in [3.05, 3.63) is 20.2 Å². The fraction of sp³-hybridized carbons (Fsp3) is 0.700. The molecule has 0 fully saturated rings. The summed E-state index contributed by atoms with van der Waals surface area (Å²) in [7, 11) is 0. The molecule has 0 radical (unpaired) electrons. The van der Waals surface area contributed by atoms with Gasteiger partial charge in [-0.05, 0) is 18.3 Å². The van der Waals surface area contributed by atoms with Gasteiger partial charge >= 0.3 is 4.87 Å². The average Bonchev–Trinajstić information content (AvgIpc) is 2.29. The molecular weight excluding hydrogens is 182 g/mol. The highest BCUT2D eigenvalue weighted by Crippen LogP contribution is 2.22. The third-order valence-electron chi connectivity index (χ3n) is 1.89. The van der Waals surface area contributed by atoms with Crippen LogP contribution in [0.4, 0.5) is 0 Å². The van der Waals surface area contributed by atoms with E-state index in [2.05, 4.69) is 32.7 Å². The third kappa shape index (κ3) is 2.69. The van der Waals surface area contributed by atoms with Gasteiger partial charge in [0.25, 0.3) is 0 Å². The lowest BCUT2D eigenvalue weighted by atomic mass is 10.0. The highest BCUT2D eigenvalue weighted by atomic mass is 32.1. The molecule has 1 aromatic heterocycles. The molecule has 0 aliphatic heterocycles. The van der Waals surface area contributed by atoms with E-state index in [1.54, 1.807) is 0 Å². The van der Waals surface area contributed by atoms with Gasteiger partial charge in [-0.3, -0.25) is 4.79 Å². The van der Waals surface area contributed by atoms with Crippen molar-refractivity contribution in [3.8, 4) is 0 Å². The second-order valence-electron chi connectivity index (χ2n) is 4.11. The molecule has 0 saturated heterocycles. The van der Waals surface area contributed by atoms with Crippen molar-refractivity contribution in [3.63, 3.8) is 0 Å². The van der Waals surface area contributed by atoms with Gasteiger partial charge in [-0.25, -0.2) is 0 Å². The number of nitrogens with one attached hydrogen (secondary N) is 1. The summed E-state index contributed by atoms with van der Waals surface area (Å²) in [6, 6.07) is 0. The Morgan fingerprint density at radius 1 is 1.31 bits per heavy atom. The lowest BCUT2D eigenvalue weighted by Gasteiger charge is -2.07. The lowest BCUT2D eigenvalue weighted by molar-refractivity contribution is 0.629. The van der Waals surface area contributed by atoms with E-state index in [-0.39, 0.29) is 4.87 Å². The topological polar surface area (TPSA) is 32.9 Å². The Kier molecular flexibility index (Phi) is 3.31. The van der Waals surface area contributed by atoms with E-state index in [4.69, 9.17) is 0 Å². The molecule has 0 atom stereocenters. The van der Waals surface area contributed by atoms with Crippen molar-refractivity contribution in [2.24, 2.45) is 5.92 Å². The van der Waals surface area contributed by atoms with Crippen LogP contribution in [0.3, 0.4) is 0 Å². The van der Waals surface area contributed by atoms with E-state index in [0.29, 0.717) is 11.8 Å². The number of aromatic amines is 1. The van der Waals surface area contributed by atoms with E-state index in [1.807, 2.05) is 0 Å². The van der Waals surface area contributed by atoms with Gasteiger partial charge in [0.05, 0.1) is 0 Å². The minimum atomic E-state index is 0.0827. The molecule has 0 unspecified atom stereocenters. The van der Waals surface area contributed by atoms with Gasteiger partial charge in [0.2, 0.25) is 0 Å². The van der Waals surface area contributed by atoms with Gasteiger partial charge < -0.3 is 4.98 Å². The Bertz CT molecular complexity index is 322. The maximum absolute atomic E-state index is 11.2. The summed E-state index contributed by atoms with van der Waals surface area (Å²) in [5.41, 5.74) is 1.14. The summed E-state index contributed by atoms with van der Waals surface area (Å²) in [5, 5.41) is 0. The molecule has 0 bridgehead atoms. The van der Waals surface area contributed by atoms with E-state index in [1.165, 1.54) is 16.2 Å². The van der Waals surface area contributed by atoms with Crippen molar-refractivity contribution in [2.45, 2.75) is 40.0 Å². The normalized spacial score (nSPS) is 11.5. The molecule has 74 valence electrons. The van der Waals surface area contributed by atoms with Crippen LogP contribution >= 0.6 is 11.3 Å². The van der Waals surface area contributed by atoms with E-state index in [9.17, 15) is 4.79 Å². The van der Waals surface area contributed by atoms with Crippen molar-refractivity contribution in [2.75, 3.05) is 0 Å². The first-order chi connectivity index (χ1) is 6.00. The largest absolute Gasteiger partial charge is 0.316 e. The van der Waals surface area contributed by atoms with Crippen molar-refractivity contribution >= 4 is 11.3 Å². The van der Waals surface area contributed by atoms with Crippen LogP contribution in [0.25, 0.3) is 0 Å². The summed E-state index contributed by atoms with van der Waals surface area (Å²) in [6.45, 7) is 8.59. The highest BCUT2D eigenvalue weighted by Gasteiger charge is 2.12. The first kappa shape index (κ1) is 10.5. The standard InChI is InChI=1S/C10H17NOS/c1-6(2)5-8-9(7(3)4)13-10(12)11-8/h6-7H,5H2,1-4H3,(H,11,12). The molecule has 1 heterocycles. The fourth-order valence-corrected chi connectivity index (χ4v) is 2.27. The predicted octanol–water partition coefficient (Wildman–Crippen LogP) is 2.76. The SMILES string of the molecule is CC(C)Cc1[nH]c(=O)sc1C(C)C. The summed E-state index contributed by atoms with van der Waals surface area (Å²) < 4.78 is 0.